The van der Waals surface area contributed by atoms with Gasteiger partial charge in [0, 0.05) is 37.5 Å². The molecule has 1 aromatic carbocycles. The van der Waals surface area contributed by atoms with Crippen molar-refractivity contribution in [3.8, 4) is 11.6 Å². The van der Waals surface area contributed by atoms with E-state index in [4.69, 9.17) is 4.74 Å². The number of fused-ring (bicyclic) bond motifs is 1. The van der Waals surface area contributed by atoms with Crippen molar-refractivity contribution >= 4 is 5.57 Å². The number of allylic oxidation sites excluding steroid dienone is 1. The Morgan fingerprint density at radius 3 is 3.00 bits per heavy atom. The molecule has 4 rings (SSSR count). The third-order valence-corrected chi connectivity index (χ3v) is 5.55. The van der Waals surface area contributed by atoms with Gasteiger partial charge in [0.05, 0.1) is 6.67 Å². The number of hydrogen-bond donors (Lipinski definition) is 1. The van der Waals surface area contributed by atoms with Crippen LogP contribution in [-0.4, -0.2) is 47.4 Å². The molecule has 28 heavy (non-hydrogen) atoms. The van der Waals surface area contributed by atoms with Gasteiger partial charge in [-0.1, -0.05) is 12.1 Å². The van der Waals surface area contributed by atoms with Crippen LogP contribution in [0.2, 0.25) is 0 Å². The Morgan fingerprint density at radius 1 is 1.25 bits per heavy atom. The molecule has 0 spiro atoms. The number of ether oxygens (including phenoxy) is 1. The number of aryl methyl sites for hydroxylation is 1. The molecular formula is C23H27FN2O2. The summed E-state index contributed by atoms with van der Waals surface area (Å²) in [6.07, 6.45) is 8.87. The highest BCUT2D eigenvalue weighted by molar-refractivity contribution is 5.81. The minimum absolute atomic E-state index is 0.124. The van der Waals surface area contributed by atoms with E-state index < -0.39 is 0 Å². The van der Waals surface area contributed by atoms with Crippen molar-refractivity contribution in [3.05, 3.63) is 59.3 Å². The molecule has 0 radical (unpaired) electrons. The highest BCUT2D eigenvalue weighted by atomic mass is 19.1. The molecule has 2 aliphatic rings. The molecule has 1 saturated heterocycles. The third-order valence-electron chi connectivity index (χ3n) is 5.55. The van der Waals surface area contributed by atoms with Crippen LogP contribution in [0.5, 0.6) is 11.6 Å². The maximum Gasteiger partial charge on any atom is 0.213 e. The number of alkyl halides is 1. The summed E-state index contributed by atoms with van der Waals surface area (Å²) in [5.41, 5.74) is 4.59. The quantitative estimate of drug-likeness (QED) is 0.806. The van der Waals surface area contributed by atoms with Crippen molar-refractivity contribution in [2.45, 2.75) is 38.2 Å². The maximum atomic E-state index is 12.3. The van der Waals surface area contributed by atoms with Crippen molar-refractivity contribution in [2.75, 3.05) is 26.3 Å². The lowest BCUT2D eigenvalue weighted by Crippen LogP contribution is -2.26. The molecule has 1 aliphatic heterocycles. The molecule has 5 heteroatoms. The first-order valence-corrected chi connectivity index (χ1v) is 10.2. The average Bonchev–Trinajstić information content (AvgIpc) is 3.04. The fourth-order valence-electron chi connectivity index (χ4n) is 4.13. The summed E-state index contributed by atoms with van der Waals surface area (Å²) in [7, 11) is 0. The van der Waals surface area contributed by atoms with Gasteiger partial charge < -0.3 is 9.84 Å². The smallest absolute Gasteiger partial charge is 0.213 e. The molecule has 0 bridgehead atoms. The van der Waals surface area contributed by atoms with Crippen LogP contribution in [0.3, 0.4) is 0 Å². The zero-order valence-electron chi connectivity index (χ0n) is 16.1. The Kier molecular flexibility index (Phi) is 5.91. The van der Waals surface area contributed by atoms with Crippen molar-refractivity contribution in [2.24, 2.45) is 0 Å². The molecule has 1 fully saturated rings. The molecule has 4 nitrogen and oxygen atoms in total. The van der Waals surface area contributed by atoms with Crippen molar-refractivity contribution in [1.82, 2.24) is 9.88 Å². The van der Waals surface area contributed by atoms with Crippen molar-refractivity contribution in [1.29, 1.82) is 0 Å². The van der Waals surface area contributed by atoms with Gasteiger partial charge in [-0.25, -0.2) is 4.98 Å². The van der Waals surface area contributed by atoms with Crippen LogP contribution in [0.4, 0.5) is 4.39 Å². The predicted molar refractivity (Wildman–Crippen MR) is 108 cm³/mol. The molecule has 148 valence electrons. The molecule has 0 amide bonds. The molecule has 0 saturated carbocycles. The van der Waals surface area contributed by atoms with Crippen LogP contribution in [-0.2, 0) is 6.42 Å². The first-order chi connectivity index (χ1) is 13.7. The molecule has 1 aromatic heterocycles. The average molecular weight is 382 g/mol. The van der Waals surface area contributed by atoms with Gasteiger partial charge in [0.1, 0.15) is 11.9 Å². The van der Waals surface area contributed by atoms with Gasteiger partial charge in [-0.15, -0.1) is 0 Å². The Bertz CT molecular complexity index is 835. The molecule has 0 unspecified atom stereocenters. The summed E-state index contributed by atoms with van der Waals surface area (Å²) in [5, 5.41) is 9.81. The second kappa shape index (κ2) is 8.74. The van der Waals surface area contributed by atoms with Crippen LogP contribution in [0.15, 0.2) is 42.6 Å². The van der Waals surface area contributed by atoms with E-state index >= 15 is 0 Å². The van der Waals surface area contributed by atoms with E-state index in [0.717, 1.165) is 50.9 Å². The molecule has 1 aliphatic carbocycles. The second-order valence-electron chi connectivity index (χ2n) is 7.61. The Morgan fingerprint density at radius 2 is 2.18 bits per heavy atom. The van der Waals surface area contributed by atoms with Crippen molar-refractivity contribution < 1.29 is 14.2 Å². The van der Waals surface area contributed by atoms with E-state index in [2.05, 4.69) is 22.0 Å². The van der Waals surface area contributed by atoms with Gasteiger partial charge >= 0.3 is 0 Å². The van der Waals surface area contributed by atoms with Crippen LogP contribution in [0, 0.1) is 0 Å². The summed E-state index contributed by atoms with van der Waals surface area (Å²) in [5.74, 6) is 0.959. The summed E-state index contributed by atoms with van der Waals surface area (Å²) in [4.78, 5) is 6.79. The lowest BCUT2D eigenvalue weighted by atomic mass is 9.94. The first-order valence-electron chi connectivity index (χ1n) is 10.2. The van der Waals surface area contributed by atoms with E-state index in [1.807, 2.05) is 24.4 Å². The highest BCUT2D eigenvalue weighted by Gasteiger charge is 2.24. The lowest BCUT2D eigenvalue weighted by molar-refractivity contribution is 0.191. The number of pyridine rings is 1. The maximum absolute atomic E-state index is 12.3. The zero-order valence-corrected chi connectivity index (χ0v) is 16.1. The molecular weight excluding hydrogens is 355 g/mol. The van der Waals surface area contributed by atoms with Crippen LogP contribution in [0.25, 0.3) is 5.57 Å². The number of halogens is 1. The fraction of sp³-hybridized carbons (Fsp3) is 0.435. The monoisotopic (exact) mass is 382 g/mol. The van der Waals surface area contributed by atoms with E-state index in [9.17, 15) is 9.50 Å². The molecule has 2 heterocycles. The summed E-state index contributed by atoms with van der Waals surface area (Å²) in [6, 6.07) is 9.61. The van der Waals surface area contributed by atoms with Crippen LogP contribution >= 0.6 is 0 Å². The fourth-order valence-corrected chi connectivity index (χ4v) is 4.13. The first kappa shape index (κ1) is 18.9. The van der Waals surface area contributed by atoms with Gasteiger partial charge in [-0.05, 0) is 67.0 Å². The number of likely N-dealkylation sites (tertiary alicyclic amines) is 1. The van der Waals surface area contributed by atoms with Crippen LogP contribution < -0.4 is 4.74 Å². The number of rotatable bonds is 6. The second-order valence-corrected chi connectivity index (χ2v) is 7.61. The number of phenolic OH excluding ortho intramolecular Hbond substituents is 1. The number of nitrogens with zero attached hydrogens (tertiary/aromatic N) is 2. The van der Waals surface area contributed by atoms with Crippen molar-refractivity contribution in [3.63, 3.8) is 0 Å². The predicted octanol–water partition coefficient (Wildman–Crippen LogP) is 4.37. The summed E-state index contributed by atoms with van der Waals surface area (Å²) in [6.45, 7) is 2.33. The highest BCUT2D eigenvalue weighted by Crippen LogP contribution is 2.33. The van der Waals surface area contributed by atoms with E-state index in [0.29, 0.717) is 18.1 Å². The van der Waals surface area contributed by atoms with Gasteiger partial charge in [0.15, 0.2) is 0 Å². The molecule has 1 atom stereocenters. The number of aromatic hydroxyl groups is 1. The topological polar surface area (TPSA) is 45.6 Å². The molecule has 2 aromatic rings. The third kappa shape index (κ3) is 4.36. The number of hydrogen-bond acceptors (Lipinski definition) is 4. The Balaban J connectivity index is 1.45. The van der Waals surface area contributed by atoms with Gasteiger partial charge in [-0.2, -0.15) is 0 Å². The number of benzene rings is 1. The summed E-state index contributed by atoms with van der Waals surface area (Å²) >= 11 is 0. The standard InChI is InChI=1S/C23H27FN2O2/c24-11-3-12-26-13-10-20(16-26)28-23-9-6-18(15-25-23)21-5-2-1-4-17-14-19(27)7-8-22(17)21/h5-9,14-15,20,27H,1-4,10-13,16H2/t20-/m0/s1. The zero-order chi connectivity index (χ0) is 19.3. The normalized spacial score (nSPS) is 19.8. The van der Waals surface area contributed by atoms with E-state index in [1.165, 1.54) is 16.7 Å². The van der Waals surface area contributed by atoms with Gasteiger partial charge in [0.2, 0.25) is 5.88 Å². The van der Waals surface area contributed by atoms with E-state index in [1.54, 1.807) is 6.07 Å². The van der Waals surface area contributed by atoms with E-state index in [-0.39, 0.29) is 12.8 Å². The largest absolute Gasteiger partial charge is 0.508 e. The molecule has 1 N–H and O–H groups in total. The minimum atomic E-state index is -0.260. The Hall–Kier alpha value is -2.40. The number of aromatic nitrogens is 1. The summed E-state index contributed by atoms with van der Waals surface area (Å²) < 4.78 is 18.4. The van der Waals surface area contributed by atoms with Gasteiger partial charge in [-0.3, -0.25) is 9.29 Å². The van der Waals surface area contributed by atoms with Crippen LogP contribution in [0.1, 0.15) is 42.4 Å². The minimum Gasteiger partial charge on any atom is -0.508 e. The van der Waals surface area contributed by atoms with Gasteiger partial charge in [0.25, 0.3) is 0 Å². The SMILES string of the molecule is Oc1ccc2c(c1)CCCC=C2c1ccc(O[C@H]2CCN(CCCF)C2)nc1. The number of phenols is 1. The lowest BCUT2D eigenvalue weighted by Gasteiger charge is -2.16. The Labute approximate surface area is 165 Å².